The fourth-order valence-electron chi connectivity index (χ4n) is 6.02. The Bertz CT molecular complexity index is 1400. The topological polar surface area (TPSA) is 177 Å². The van der Waals surface area contributed by atoms with E-state index in [0.29, 0.717) is 37.3 Å². The molecular formula is C27H36N9O4+. The highest BCUT2D eigenvalue weighted by Gasteiger charge is 2.57. The molecule has 1 aromatic carbocycles. The minimum atomic E-state index is -1.19. The number of urea groups is 2. The average molecular weight is 551 g/mol. The van der Waals surface area contributed by atoms with Crippen molar-refractivity contribution >= 4 is 41.2 Å². The van der Waals surface area contributed by atoms with Crippen LogP contribution in [0.5, 0.6) is 0 Å². The van der Waals surface area contributed by atoms with E-state index in [4.69, 9.17) is 11.5 Å². The summed E-state index contributed by atoms with van der Waals surface area (Å²) in [6.07, 6.45) is 2.80. The Hall–Kier alpha value is -4.10. The van der Waals surface area contributed by atoms with Gasteiger partial charge in [-0.2, -0.15) is 5.43 Å². The number of nitrogens with one attached hydrogen (secondary N) is 2. The molecule has 1 unspecified atom stereocenters. The molecule has 2 aromatic rings. The molecule has 0 aliphatic carbocycles. The zero-order valence-electron chi connectivity index (χ0n) is 23.2. The highest BCUT2D eigenvalue weighted by atomic mass is 16.2. The van der Waals surface area contributed by atoms with Gasteiger partial charge in [0.05, 0.1) is 17.9 Å². The molecule has 0 bridgehead atoms. The van der Waals surface area contributed by atoms with Crippen LogP contribution in [-0.4, -0.2) is 63.9 Å². The van der Waals surface area contributed by atoms with Crippen molar-refractivity contribution in [3.8, 4) is 0 Å². The molecule has 13 nitrogen and oxygen atoms in total. The van der Waals surface area contributed by atoms with Gasteiger partial charge in [-0.3, -0.25) is 9.59 Å². The maximum Gasteiger partial charge on any atom is 0.443 e. The molecule has 40 heavy (non-hydrogen) atoms. The molecule has 6 N–H and O–H groups in total. The zero-order valence-corrected chi connectivity index (χ0v) is 23.2. The lowest BCUT2D eigenvalue weighted by Gasteiger charge is -2.33. The van der Waals surface area contributed by atoms with Crippen LogP contribution in [-0.2, 0) is 21.5 Å². The number of nitrogens with zero attached hydrogens (tertiary/aromatic N) is 5. The first-order valence-corrected chi connectivity index (χ1v) is 13.4. The number of hydrogen-bond donors (Lipinski definition) is 4. The number of amides is 6. The number of carbonyl (C=O) groups is 4. The van der Waals surface area contributed by atoms with Gasteiger partial charge in [-0.25, -0.2) is 24.5 Å². The van der Waals surface area contributed by atoms with Crippen LogP contribution in [0.1, 0.15) is 51.8 Å². The van der Waals surface area contributed by atoms with Crippen LogP contribution >= 0.6 is 0 Å². The molecular weight excluding hydrogens is 514 g/mol. The second-order valence-electron chi connectivity index (χ2n) is 11.9. The lowest BCUT2D eigenvalue weighted by molar-refractivity contribution is -0.129. The first-order chi connectivity index (χ1) is 18.8. The summed E-state index contributed by atoms with van der Waals surface area (Å²) < 4.78 is -0.595. The lowest BCUT2D eigenvalue weighted by Crippen LogP contribution is -2.68. The third-order valence-corrected chi connectivity index (χ3v) is 8.28. The standard InChI is InChI=1S/C27H35N9O4/c1-26(2)15-36(24(29)39,33-21(37)16-7-10-30-11-8-16)20-13-18(5-6-19(20)26)35-22(38)27(3,4)34(25(35)40)14-17-9-12-31-23(28)32-17/h5-6,9,12-13,16,30H,7-8,10-11,14-15H2,1-4H3,(H4-,28,29,31,32,33,37,39)/p+1. The van der Waals surface area contributed by atoms with Crippen LogP contribution in [0.2, 0.25) is 0 Å². The Morgan fingerprint density at radius 2 is 1.85 bits per heavy atom. The average Bonchev–Trinajstić information content (AvgIpc) is 3.23. The van der Waals surface area contributed by atoms with Crippen LogP contribution in [0.25, 0.3) is 0 Å². The summed E-state index contributed by atoms with van der Waals surface area (Å²) in [7, 11) is 0. The van der Waals surface area contributed by atoms with Crippen molar-refractivity contribution in [2.75, 3.05) is 30.3 Å². The van der Waals surface area contributed by atoms with Crippen LogP contribution in [0.3, 0.4) is 0 Å². The van der Waals surface area contributed by atoms with Crippen LogP contribution in [0, 0.1) is 5.92 Å². The van der Waals surface area contributed by atoms with Crippen LogP contribution in [0.15, 0.2) is 30.5 Å². The minimum Gasteiger partial charge on any atom is -0.368 e. The number of quaternary nitrogens is 1. The van der Waals surface area contributed by atoms with Crippen molar-refractivity contribution in [2.24, 2.45) is 11.7 Å². The van der Waals surface area contributed by atoms with E-state index in [-0.39, 0.29) is 36.6 Å². The van der Waals surface area contributed by atoms with Gasteiger partial charge in [0, 0.05) is 29.2 Å². The summed E-state index contributed by atoms with van der Waals surface area (Å²) in [4.78, 5) is 64.4. The Balaban J connectivity index is 1.53. The number of fused-ring (bicyclic) bond motifs is 1. The fraction of sp³-hybridized carbons (Fsp3) is 0.481. The van der Waals surface area contributed by atoms with E-state index in [1.807, 2.05) is 13.8 Å². The minimum absolute atomic E-state index is 0.0480. The number of carbonyl (C=O) groups excluding carboxylic acids is 4. The van der Waals surface area contributed by atoms with Gasteiger partial charge >= 0.3 is 12.1 Å². The van der Waals surface area contributed by atoms with Crippen molar-refractivity contribution in [2.45, 2.75) is 58.0 Å². The van der Waals surface area contributed by atoms with Crippen molar-refractivity contribution in [1.82, 2.24) is 30.2 Å². The fourth-order valence-corrected chi connectivity index (χ4v) is 6.02. The number of piperidine rings is 1. The maximum absolute atomic E-state index is 13.7. The van der Waals surface area contributed by atoms with Gasteiger partial charge in [0.25, 0.3) is 11.8 Å². The van der Waals surface area contributed by atoms with E-state index in [9.17, 15) is 19.2 Å². The third-order valence-electron chi connectivity index (χ3n) is 8.28. The predicted molar refractivity (Wildman–Crippen MR) is 148 cm³/mol. The Labute approximate surface area is 232 Å². The first kappa shape index (κ1) is 27.5. The second-order valence-corrected chi connectivity index (χ2v) is 11.9. The maximum atomic E-state index is 13.7. The normalized spacial score (nSPS) is 23.8. The van der Waals surface area contributed by atoms with E-state index in [2.05, 4.69) is 20.7 Å². The number of imide groups is 1. The number of nitrogens with two attached hydrogens (primary N) is 2. The molecule has 1 atom stereocenters. The molecule has 2 fully saturated rings. The van der Waals surface area contributed by atoms with Gasteiger partial charge < -0.3 is 21.7 Å². The summed E-state index contributed by atoms with van der Waals surface area (Å²) in [6, 6.07) is 5.46. The number of primary amides is 1. The van der Waals surface area contributed by atoms with E-state index >= 15 is 0 Å². The van der Waals surface area contributed by atoms with Gasteiger partial charge in [0.2, 0.25) is 5.95 Å². The number of nitrogen functional groups attached to an aromatic ring is 1. The summed E-state index contributed by atoms with van der Waals surface area (Å²) in [5.74, 6) is -0.872. The molecule has 6 amide bonds. The van der Waals surface area contributed by atoms with Crippen molar-refractivity contribution in [3.05, 3.63) is 41.7 Å². The van der Waals surface area contributed by atoms with Gasteiger partial charge in [0.1, 0.15) is 12.1 Å². The smallest absolute Gasteiger partial charge is 0.368 e. The Morgan fingerprint density at radius 3 is 2.50 bits per heavy atom. The first-order valence-electron chi connectivity index (χ1n) is 13.4. The molecule has 4 heterocycles. The van der Waals surface area contributed by atoms with Crippen LogP contribution in [0.4, 0.5) is 26.9 Å². The van der Waals surface area contributed by atoms with Gasteiger partial charge in [-0.15, -0.1) is 4.59 Å². The molecule has 3 aliphatic heterocycles. The Morgan fingerprint density at radius 1 is 1.15 bits per heavy atom. The lowest BCUT2D eigenvalue weighted by atomic mass is 9.87. The van der Waals surface area contributed by atoms with Crippen LogP contribution < -0.4 is 31.7 Å². The number of anilines is 2. The highest BCUT2D eigenvalue weighted by molar-refractivity contribution is 6.23. The van der Waals surface area contributed by atoms with Crippen molar-refractivity contribution in [3.63, 3.8) is 0 Å². The second kappa shape index (κ2) is 9.52. The molecule has 0 spiro atoms. The largest absolute Gasteiger partial charge is 0.443 e. The van der Waals surface area contributed by atoms with Crippen molar-refractivity contribution < 1.29 is 19.2 Å². The third kappa shape index (κ3) is 4.34. The number of aromatic nitrogens is 2. The van der Waals surface area contributed by atoms with E-state index < -0.39 is 33.5 Å². The summed E-state index contributed by atoms with van der Waals surface area (Å²) >= 11 is 0. The molecule has 0 radical (unpaired) electrons. The van der Waals surface area contributed by atoms with Gasteiger partial charge in [-0.1, -0.05) is 19.9 Å². The summed E-state index contributed by atoms with van der Waals surface area (Å²) in [5, 5.41) is 3.24. The van der Waals surface area contributed by atoms with Gasteiger partial charge in [-0.05, 0) is 51.9 Å². The molecule has 212 valence electrons. The quantitative estimate of drug-likeness (QED) is 0.327. The molecule has 3 aliphatic rings. The number of benzene rings is 1. The molecule has 2 saturated heterocycles. The van der Waals surface area contributed by atoms with Gasteiger partial charge in [0.15, 0.2) is 5.69 Å². The highest BCUT2D eigenvalue weighted by Crippen LogP contribution is 2.47. The molecule has 13 heteroatoms. The Kier molecular flexibility index (Phi) is 6.54. The molecule has 5 rings (SSSR count). The van der Waals surface area contributed by atoms with E-state index in [1.54, 1.807) is 38.1 Å². The predicted octanol–water partition coefficient (Wildman–Crippen LogP) is 1.51. The number of rotatable bonds is 4. The van der Waals surface area contributed by atoms with Crippen molar-refractivity contribution in [1.29, 1.82) is 0 Å². The molecule has 0 saturated carbocycles. The SMILES string of the molecule is CC1(C)C[N+](NC(=O)C2CCNCC2)(C(N)=O)c2cc(N3C(=O)N(Cc4ccnc(N)n4)C(C)(C)C3=O)ccc21. The van der Waals surface area contributed by atoms with E-state index in [1.165, 1.54) is 11.1 Å². The number of hydrogen-bond acceptors (Lipinski definition) is 8. The summed E-state index contributed by atoms with van der Waals surface area (Å²) in [6.45, 7) is 8.94. The molecule has 1 aromatic heterocycles. The summed E-state index contributed by atoms with van der Waals surface area (Å²) in [5.41, 5.74) is 15.0. The van der Waals surface area contributed by atoms with E-state index in [0.717, 1.165) is 10.5 Å². The monoisotopic (exact) mass is 550 g/mol. The zero-order chi connectivity index (χ0) is 29.0.